The van der Waals surface area contributed by atoms with E-state index in [1.54, 1.807) is 12.1 Å². The third kappa shape index (κ3) is 3.16. The van der Waals surface area contributed by atoms with Crippen LogP contribution in [0.4, 0.5) is 0 Å². The second kappa shape index (κ2) is 4.57. The molecule has 0 radical (unpaired) electrons. The van der Waals surface area contributed by atoms with Gasteiger partial charge < -0.3 is 0 Å². The lowest BCUT2D eigenvalue weighted by molar-refractivity contribution is 0.112. The Labute approximate surface area is 90.0 Å². The van der Waals surface area contributed by atoms with Gasteiger partial charge in [0.2, 0.25) is 0 Å². The highest BCUT2D eigenvalue weighted by Crippen LogP contribution is 2.14. The summed E-state index contributed by atoms with van der Waals surface area (Å²) >= 11 is 0. The van der Waals surface area contributed by atoms with E-state index in [9.17, 15) is 13.2 Å². The maximum absolute atomic E-state index is 11.8. The summed E-state index contributed by atoms with van der Waals surface area (Å²) in [4.78, 5) is 10.7. The van der Waals surface area contributed by atoms with Gasteiger partial charge in [-0.25, -0.2) is 8.42 Å². The van der Waals surface area contributed by atoms with E-state index in [1.165, 1.54) is 12.1 Å². The summed E-state index contributed by atoms with van der Waals surface area (Å²) in [6.07, 6.45) is 0.647. The first-order valence-electron chi connectivity index (χ1n) is 4.73. The fourth-order valence-electron chi connectivity index (χ4n) is 1.32. The van der Waals surface area contributed by atoms with Crippen LogP contribution in [0.2, 0.25) is 0 Å². The number of benzene rings is 1. The van der Waals surface area contributed by atoms with E-state index >= 15 is 0 Å². The average molecular weight is 226 g/mol. The number of sulfone groups is 1. The molecule has 0 saturated carbocycles. The zero-order chi connectivity index (χ0) is 11.5. The van der Waals surface area contributed by atoms with Gasteiger partial charge in [-0.15, -0.1) is 0 Å². The Bertz CT molecular complexity index is 447. The number of rotatable bonds is 4. The molecule has 0 N–H and O–H groups in total. The van der Waals surface area contributed by atoms with Crippen molar-refractivity contribution in [1.29, 1.82) is 0 Å². The van der Waals surface area contributed by atoms with Crippen molar-refractivity contribution >= 4 is 16.1 Å². The molecule has 0 amide bonds. The molecule has 3 nitrogen and oxygen atoms in total. The maximum Gasteiger partial charge on any atom is 0.178 e. The summed E-state index contributed by atoms with van der Waals surface area (Å²) < 4.78 is 23.6. The minimum atomic E-state index is -3.25. The van der Waals surface area contributed by atoms with E-state index in [2.05, 4.69) is 0 Å². The van der Waals surface area contributed by atoms with E-state index in [-0.39, 0.29) is 16.6 Å². The molecular weight excluding hydrogens is 212 g/mol. The molecule has 15 heavy (non-hydrogen) atoms. The van der Waals surface area contributed by atoms with Gasteiger partial charge in [0, 0.05) is 5.56 Å². The number of carbonyl (C=O) groups is 1. The number of hydrogen-bond donors (Lipinski definition) is 0. The van der Waals surface area contributed by atoms with Gasteiger partial charge in [0.05, 0.1) is 10.6 Å². The Hall–Kier alpha value is -1.16. The first kappa shape index (κ1) is 11.9. The molecule has 0 unspecified atom stereocenters. The van der Waals surface area contributed by atoms with Crippen LogP contribution < -0.4 is 0 Å². The Morgan fingerprint density at radius 2 is 2.00 bits per heavy atom. The summed E-state index contributed by atoms with van der Waals surface area (Å²) in [6.45, 7) is 3.70. The summed E-state index contributed by atoms with van der Waals surface area (Å²) in [5.74, 6) is 0.185. The topological polar surface area (TPSA) is 51.2 Å². The monoisotopic (exact) mass is 226 g/mol. The molecule has 0 spiro atoms. The van der Waals surface area contributed by atoms with Crippen molar-refractivity contribution in [2.45, 2.75) is 18.7 Å². The quantitative estimate of drug-likeness (QED) is 0.737. The Morgan fingerprint density at radius 3 is 2.53 bits per heavy atom. The molecule has 0 fully saturated rings. The van der Waals surface area contributed by atoms with Crippen molar-refractivity contribution in [3.8, 4) is 0 Å². The Morgan fingerprint density at radius 1 is 1.33 bits per heavy atom. The van der Waals surface area contributed by atoms with Crippen LogP contribution in [0.5, 0.6) is 0 Å². The molecule has 4 heteroatoms. The van der Waals surface area contributed by atoms with Crippen LogP contribution in [-0.2, 0) is 9.84 Å². The molecule has 1 rings (SSSR count). The van der Waals surface area contributed by atoms with E-state index in [0.29, 0.717) is 11.8 Å². The van der Waals surface area contributed by atoms with Crippen LogP contribution in [-0.4, -0.2) is 20.5 Å². The standard InChI is InChI=1S/C11H14O3S/c1-9(2)8-15(13,14)11-5-3-4-10(6-11)7-12/h3-7,9H,8H2,1-2H3. The van der Waals surface area contributed by atoms with Gasteiger partial charge in [0.1, 0.15) is 6.29 Å². The van der Waals surface area contributed by atoms with E-state index in [4.69, 9.17) is 0 Å². The van der Waals surface area contributed by atoms with Crippen molar-refractivity contribution in [3.63, 3.8) is 0 Å². The molecular formula is C11H14O3S. The zero-order valence-electron chi connectivity index (χ0n) is 8.80. The van der Waals surface area contributed by atoms with Gasteiger partial charge >= 0.3 is 0 Å². The lowest BCUT2D eigenvalue weighted by atomic mass is 10.2. The van der Waals surface area contributed by atoms with Gasteiger partial charge in [-0.1, -0.05) is 26.0 Å². The molecule has 0 saturated heterocycles. The molecule has 0 atom stereocenters. The minimum absolute atomic E-state index is 0.0786. The smallest absolute Gasteiger partial charge is 0.178 e. The molecule has 1 aromatic rings. The van der Waals surface area contributed by atoms with Crippen molar-refractivity contribution in [1.82, 2.24) is 0 Å². The predicted octanol–water partition coefficient (Wildman–Crippen LogP) is 1.93. The molecule has 0 bridgehead atoms. The van der Waals surface area contributed by atoms with Crippen LogP contribution in [0.1, 0.15) is 24.2 Å². The number of carbonyl (C=O) groups excluding carboxylic acids is 1. The van der Waals surface area contributed by atoms with Crippen molar-refractivity contribution < 1.29 is 13.2 Å². The van der Waals surface area contributed by atoms with E-state index in [0.717, 1.165) is 0 Å². The van der Waals surface area contributed by atoms with Crippen LogP contribution >= 0.6 is 0 Å². The van der Waals surface area contributed by atoms with Gasteiger partial charge in [0.25, 0.3) is 0 Å². The average Bonchev–Trinajstić information content (AvgIpc) is 2.16. The van der Waals surface area contributed by atoms with Gasteiger partial charge in [-0.2, -0.15) is 0 Å². The largest absolute Gasteiger partial charge is 0.298 e. The lowest BCUT2D eigenvalue weighted by Crippen LogP contribution is -2.12. The molecule has 0 aromatic heterocycles. The predicted molar refractivity (Wildman–Crippen MR) is 58.7 cm³/mol. The second-order valence-corrected chi connectivity index (χ2v) is 5.90. The van der Waals surface area contributed by atoms with Crippen LogP contribution in [0.25, 0.3) is 0 Å². The van der Waals surface area contributed by atoms with Gasteiger partial charge in [-0.05, 0) is 18.1 Å². The first-order valence-corrected chi connectivity index (χ1v) is 6.39. The summed E-state index contributed by atoms with van der Waals surface area (Å²) in [5, 5.41) is 0. The summed E-state index contributed by atoms with van der Waals surface area (Å²) in [5.41, 5.74) is 0.389. The molecule has 0 aliphatic heterocycles. The summed E-state index contributed by atoms with van der Waals surface area (Å²) in [7, 11) is -3.25. The third-order valence-electron chi connectivity index (χ3n) is 1.91. The second-order valence-electron chi connectivity index (χ2n) is 3.87. The van der Waals surface area contributed by atoms with Crippen LogP contribution in [0, 0.1) is 5.92 Å². The third-order valence-corrected chi connectivity index (χ3v) is 3.98. The minimum Gasteiger partial charge on any atom is -0.298 e. The van der Waals surface area contributed by atoms with E-state index < -0.39 is 9.84 Å². The highest BCUT2D eigenvalue weighted by atomic mass is 32.2. The fraction of sp³-hybridized carbons (Fsp3) is 0.364. The number of hydrogen-bond acceptors (Lipinski definition) is 3. The molecule has 0 aliphatic rings. The SMILES string of the molecule is CC(C)CS(=O)(=O)c1cccc(C=O)c1. The molecule has 1 aromatic carbocycles. The Kier molecular flexibility index (Phi) is 3.63. The normalized spacial score (nSPS) is 11.7. The molecule has 0 heterocycles. The van der Waals surface area contributed by atoms with Crippen LogP contribution in [0.15, 0.2) is 29.2 Å². The van der Waals surface area contributed by atoms with Crippen molar-refractivity contribution in [3.05, 3.63) is 29.8 Å². The lowest BCUT2D eigenvalue weighted by Gasteiger charge is -2.06. The maximum atomic E-state index is 11.8. The van der Waals surface area contributed by atoms with Gasteiger partial charge in [-0.3, -0.25) is 4.79 Å². The zero-order valence-corrected chi connectivity index (χ0v) is 9.62. The van der Waals surface area contributed by atoms with Gasteiger partial charge in [0.15, 0.2) is 9.84 Å². The molecule has 82 valence electrons. The van der Waals surface area contributed by atoms with Crippen LogP contribution in [0.3, 0.4) is 0 Å². The highest BCUT2D eigenvalue weighted by molar-refractivity contribution is 7.91. The highest BCUT2D eigenvalue weighted by Gasteiger charge is 2.16. The van der Waals surface area contributed by atoms with E-state index in [1.807, 2.05) is 13.8 Å². The fourth-order valence-corrected chi connectivity index (χ4v) is 2.99. The number of aldehydes is 1. The molecule has 0 aliphatic carbocycles. The Balaban J connectivity index is 3.10. The first-order chi connectivity index (χ1) is 6.95. The summed E-state index contributed by atoms with van der Waals surface area (Å²) in [6, 6.07) is 6.09. The van der Waals surface area contributed by atoms with Crippen molar-refractivity contribution in [2.75, 3.05) is 5.75 Å². The van der Waals surface area contributed by atoms with Crippen molar-refractivity contribution in [2.24, 2.45) is 5.92 Å².